The van der Waals surface area contributed by atoms with E-state index < -0.39 is 26.9 Å². The number of sulfonamides is 1. The largest absolute Gasteiger partial charge is 0.450 e. The molecule has 2 aromatic heterocycles. The van der Waals surface area contributed by atoms with Gasteiger partial charge in [0.15, 0.2) is 6.61 Å². The summed E-state index contributed by atoms with van der Waals surface area (Å²) in [5.41, 5.74) is 0.877. The van der Waals surface area contributed by atoms with Gasteiger partial charge in [-0.15, -0.1) is 0 Å². The maximum absolute atomic E-state index is 13.6. The molecule has 0 fully saturated rings. The molecule has 0 unspecified atom stereocenters. The Hall–Kier alpha value is -3.05. The minimum Gasteiger partial charge on any atom is -0.450 e. The number of aromatic nitrogens is 2. The molecule has 0 spiro atoms. The lowest BCUT2D eigenvalue weighted by atomic mass is 10.1. The third-order valence-corrected chi connectivity index (χ3v) is 4.07. The first-order valence-corrected chi connectivity index (χ1v) is 8.67. The van der Waals surface area contributed by atoms with Crippen LogP contribution < -0.4 is 5.14 Å². The van der Waals surface area contributed by atoms with Crippen molar-refractivity contribution in [2.45, 2.75) is 18.6 Å². The summed E-state index contributed by atoms with van der Waals surface area (Å²) in [6.07, 6.45) is 0. The number of aryl methyl sites for hydroxylation is 1. The molecule has 0 aliphatic rings. The summed E-state index contributed by atoms with van der Waals surface area (Å²) in [5.74, 6) is -1.61. The summed E-state index contributed by atoms with van der Waals surface area (Å²) in [5, 5.41) is 8.00. The lowest BCUT2D eigenvalue weighted by molar-refractivity contribution is 0.0388. The monoisotopic (exact) mass is 381 g/mol. The lowest BCUT2D eigenvalue weighted by Gasteiger charge is -1.99. The Labute approximate surface area is 146 Å². The molecule has 0 saturated carbocycles. The third kappa shape index (κ3) is 3.78. The summed E-state index contributed by atoms with van der Waals surface area (Å²) in [6.45, 7) is 1.24. The van der Waals surface area contributed by atoms with E-state index in [1.54, 1.807) is 19.1 Å². The van der Waals surface area contributed by atoms with Gasteiger partial charge in [-0.2, -0.15) is 4.98 Å². The Kier molecular flexibility index (Phi) is 4.57. The fraction of sp³-hybridized carbons (Fsp3) is 0.133. The van der Waals surface area contributed by atoms with Crippen molar-refractivity contribution in [3.05, 3.63) is 53.4 Å². The molecule has 2 N–H and O–H groups in total. The quantitative estimate of drug-likeness (QED) is 0.660. The van der Waals surface area contributed by atoms with Crippen molar-refractivity contribution in [1.82, 2.24) is 10.1 Å². The highest BCUT2D eigenvalue weighted by molar-refractivity contribution is 7.89. The first kappa shape index (κ1) is 17.8. The number of halogens is 1. The molecule has 11 heteroatoms. The predicted molar refractivity (Wildman–Crippen MR) is 83.6 cm³/mol. The average Bonchev–Trinajstić information content (AvgIpc) is 3.24. The van der Waals surface area contributed by atoms with E-state index in [0.717, 1.165) is 12.1 Å². The molecule has 0 radical (unpaired) electrons. The van der Waals surface area contributed by atoms with Crippen LogP contribution in [0.2, 0.25) is 0 Å². The van der Waals surface area contributed by atoms with E-state index >= 15 is 0 Å². The predicted octanol–water partition coefficient (Wildman–Crippen LogP) is 1.78. The summed E-state index contributed by atoms with van der Waals surface area (Å²) < 4.78 is 50.4. The van der Waals surface area contributed by atoms with Crippen LogP contribution in [-0.4, -0.2) is 24.5 Å². The number of primary sulfonamides is 1. The second-order valence-electron chi connectivity index (χ2n) is 5.22. The van der Waals surface area contributed by atoms with Gasteiger partial charge in [-0.1, -0.05) is 17.3 Å². The molecule has 136 valence electrons. The van der Waals surface area contributed by atoms with Crippen LogP contribution in [0.3, 0.4) is 0 Å². The van der Waals surface area contributed by atoms with Crippen LogP contribution in [0.1, 0.15) is 22.0 Å². The number of carbonyl (C=O) groups is 1. The molecular formula is C15H12FN3O6S. The van der Waals surface area contributed by atoms with Gasteiger partial charge in [0.2, 0.25) is 16.7 Å². The number of hydrogen-bond acceptors (Lipinski definition) is 8. The first-order chi connectivity index (χ1) is 12.2. The fourth-order valence-electron chi connectivity index (χ4n) is 1.94. The highest BCUT2D eigenvalue weighted by Crippen LogP contribution is 2.19. The molecule has 0 aliphatic carbocycles. The SMILES string of the molecule is Cc1ccc(-c2noc(COC(=O)c3ccc(S(N)(=O)=O)o3)n2)cc1F. The topological polar surface area (TPSA) is 139 Å². The van der Waals surface area contributed by atoms with Crippen molar-refractivity contribution < 1.29 is 31.3 Å². The fourth-order valence-corrected chi connectivity index (χ4v) is 2.41. The Morgan fingerprint density at radius 2 is 2.08 bits per heavy atom. The first-order valence-electron chi connectivity index (χ1n) is 7.13. The second kappa shape index (κ2) is 6.69. The third-order valence-electron chi connectivity index (χ3n) is 3.29. The van der Waals surface area contributed by atoms with Gasteiger partial charge in [-0.25, -0.2) is 22.7 Å². The average molecular weight is 381 g/mol. The van der Waals surface area contributed by atoms with Crippen LogP contribution in [0, 0.1) is 12.7 Å². The molecule has 2 heterocycles. The van der Waals surface area contributed by atoms with Gasteiger partial charge in [-0.05, 0) is 30.7 Å². The minimum absolute atomic E-state index is 0.0347. The summed E-state index contributed by atoms with van der Waals surface area (Å²) in [4.78, 5) is 15.8. The molecule has 0 amide bonds. The van der Waals surface area contributed by atoms with E-state index in [-0.39, 0.29) is 24.1 Å². The zero-order valence-electron chi connectivity index (χ0n) is 13.3. The number of nitrogens with zero attached hydrogens (tertiary/aromatic N) is 2. The summed E-state index contributed by atoms with van der Waals surface area (Å²) >= 11 is 0. The number of esters is 1. The van der Waals surface area contributed by atoms with E-state index in [2.05, 4.69) is 10.1 Å². The van der Waals surface area contributed by atoms with Crippen molar-refractivity contribution in [1.29, 1.82) is 0 Å². The summed E-state index contributed by atoms with van der Waals surface area (Å²) in [7, 11) is -4.06. The van der Waals surface area contributed by atoms with Gasteiger partial charge in [0.05, 0.1) is 0 Å². The zero-order chi connectivity index (χ0) is 18.9. The molecule has 3 rings (SSSR count). The number of rotatable bonds is 5. The van der Waals surface area contributed by atoms with Gasteiger partial charge in [0, 0.05) is 5.56 Å². The van der Waals surface area contributed by atoms with Crippen molar-refractivity contribution in [3.63, 3.8) is 0 Å². The van der Waals surface area contributed by atoms with E-state index in [4.69, 9.17) is 18.8 Å². The zero-order valence-corrected chi connectivity index (χ0v) is 14.1. The minimum atomic E-state index is -4.06. The van der Waals surface area contributed by atoms with Crippen LogP contribution in [0.15, 0.2) is 44.4 Å². The maximum atomic E-state index is 13.6. The van der Waals surface area contributed by atoms with E-state index in [9.17, 15) is 17.6 Å². The van der Waals surface area contributed by atoms with E-state index in [1.807, 2.05) is 0 Å². The molecule has 26 heavy (non-hydrogen) atoms. The van der Waals surface area contributed by atoms with E-state index in [1.165, 1.54) is 6.07 Å². The van der Waals surface area contributed by atoms with E-state index in [0.29, 0.717) is 11.1 Å². The standard InChI is InChI=1S/C15H12FN3O6S/c1-8-2-3-9(6-10(8)16)14-18-12(25-19-14)7-23-15(20)11-4-5-13(24-11)26(17,21)22/h2-6H,7H2,1H3,(H2,17,21,22). The highest BCUT2D eigenvalue weighted by Gasteiger charge is 2.19. The smallest absolute Gasteiger partial charge is 0.374 e. The molecular weight excluding hydrogens is 369 g/mol. The van der Waals surface area contributed by atoms with Gasteiger partial charge in [0.1, 0.15) is 5.82 Å². The van der Waals surface area contributed by atoms with Crippen molar-refractivity contribution >= 4 is 16.0 Å². The van der Waals surface area contributed by atoms with Gasteiger partial charge < -0.3 is 13.7 Å². The Morgan fingerprint density at radius 1 is 1.31 bits per heavy atom. The number of furan rings is 1. The number of ether oxygens (including phenoxy) is 1. The van der Waals surface area contributed by atoms with Crippen molar-refractivity contribution in [2.75, 3.05) is 0 Å². The number of benzene rings is 1. The Bertz CT molecular complexity index is 1070. The number of nitrogens with two attached hydrogens (primary N) is 1. The molecule has 0 bridgehead atoms. The lowest BCUT2D eigenvalue weighted by Crippen LogP contribution is -2.11. The highest BCUT2D eigenvalue weighted by atomic mass is 32.2. The van der Waals surface area contributed by atoms with Crippen LogP contribution in [0.4, 0.5) is 4.39 Å². The molecule has 0 aliphatic heterocycles. The van der Waals surface area contributed by atoms with Crippen LogP contribution in [0.5, 0.6) is 0 Å². The van der Waals surface area contributed by atoms with Crippen molar-refractivity contribution in [3.8, 4) is 11.4 Å². The number of carbonyl (C=O) groups excluding carboxylic acids is 1. The molecule has 3 aromatic rings. The second-order valence-corrected chi connectivity index (χ2v) is 6.71. The molecule has 1 aromatic carbocycles. The summed E-state index contributed by atoms with van der Waals surface area (Å²) in [6, 6.07) is 6.59. The van der Waals surface area contributed by atoms with Gasteiger partial charge >= 0.3 is 5.97 Å². The van der Waals surface area contributed by atoms with Crippen LogP contribution in [0.25, 0.3) is 11.4 Å². The van der Waals surface area contributed by atoms with Crippen molar-refractivity contribution in [2.24, 2.45) is 5.14 Å². The normalized spacial score (nSPS) is 11.5. The van der Waals surface area contributed by atoms with Gasteiger partial charge in [-0.3, -0.25) is 0 Å². The molecule has 9 nitrogen and oxygen atoms in total. The Balaban J connectivity index is 1.67. The number of hydrogen-bond donors (Lipinski definition) is 1. The van der Waals surface area contributed by atoms with Gasteiger partial charge in [0.25, 0.3) is 15.9 Å². The van der Waals surface area contributed by atoms with Crippen LogP contribution >= 0.6 is 0 Å². The molecule has 0 atom stereocenters. The maximum Gasteiger partial charge on any atom is 0.374 e. The Morgan fingerprint density at radius 3 is 2.73 bits per heavy atom. The molecule has 0 saturated heterocycles. The van der Waals surface area contributed by atoms with Crippen LogP contribution in [-0.2, 0) is 21.4 Å².